The van der Waals surface area contributed by atoms with E-state index in [2.05, 4.69) is 0 Å². The highest BCUT2D eigenvalue weighted by molar-refractivity contribution is 6.10. The predicted molar refractivity (Wildman–Crippen MR) is 59.5 cm³/mol. The lowest BCUT2D eigenvalue weighted by atomic mass is 10.0. The summed E-state index contributed by atoms with van der Waals surface area (Å²) >= 11 is 0. The standard InChI is InChI=1S/C11H15BO2/c1-8-5-3-4-6-10(8)11(13)7-14-9(2)12/h3-6,9H,7,12H2,1-2H3. The molecule has 1 rings (SSSR count). The summed E-state index contributed by atoms with van der Waals surface area (Å²) < 4.78 is 5.26. The van der Waals surface area contributed by atoms with Crippen molar-refractivity contribution < 1.29 is 9.53 Å². The molecule has 0 spiro atoms. The first-order valence-corrected chi connectivity index (χ1v) is 4.81. The summed E-state index contributed by atoms with van der Waals surface area (Å²) in [7, 11) is 1.92. The molecule has 0 aliphatic carbocycles. The van der Waals surface area contributed by atoms with Crippen LogP contribution in [0.15, 0.2) is 24.3 Å². The minimum atomic E-state index is 0.0526. The third kappa shape index (κ3) is 3.00. The van der Waals surface area contributed by atoms with Crippen molar-refractivity contribution in [1.82, 2.24) is 0 Å². The fourth-order valence-corrected chi connectivity index (χ4v) is 1.21. The molecular weight excluding hydrogens is 175 g/mol. The second-order valence-corrected chi connectivity index (χ2v) is 3.60. The van der Waals surface area contributed by atoms with Crippen LogP contribution in [0.3, 0.4) is 0 Å². The number of carbonyl (C=O) groups excluding carboxylic acids is 1. The van der Waals surface area contributed by atoms with Crippen molar-refractivity contribution in [3.63, 3.8) is 0 Å². The number of benzene rings is 1. The van der Waals surface area contributed by atoms with Gasteiger partial charge in [-0.15, -0.1) is 0 Å². The molecule has 1 unspecified atom stereocenters. The van der Waals surface area contributed by atoms with Crippen LogP contribution in [-0.2, 0) is 4.74 Å². The van der Waals surface area contributed by atoms with E-state index >= 15 is 0 Å². The van der Waals surface area contributed by atoms with Crippen LogP contribution in [0.4, 0.5) is 0 Å². The molecule has 0 amide bonds. The summed E-state index contributed by atoms with van der Waals surface area (Å²) in [4.78, 5) is 11.6. The molecular formula is C11H15BO2. The van der Waals surface area contributed by atoms with Gasteiger partial charge >= 0.3 is 0 Å². The lowest BCUT2D eigenvalue weighted by molar-refractivity contribution is 0.0721. The Kier molecular flexibility index (Phi) is 3.90. The summed E-state index contributed by atoms with van der Waals surface area (Å²) in [5.74, 6) is 0.0526. The van der Waals surface area contributed by atoms with Crippen LogP contribution < -0.4 is 0 Å². The molecule has 0 N–H and O–H groups in total. The summed E-state index contributed by atoms with van der Waals surface area (Å²) in [6, 6.07) is 7.66. The molecule has 14 heavy (non-hydrogen) atoms. The molecule has 0 saturated heterocycles. The SMILES string of the molecule is BC(C)OCC(=O)c1ccccc1C. The number of aryl methyl sites for hydroxylation is 1. The summed E-state index contributed by atoms with van der Waals surface area (Å²) in [5.41, 5.74) is 1.76. The Bertz CT molecular complexity index is 321. The molecule has 1 aromatic rings. The predicted octanol–water partition coefficient (Wildman–Crippen LogP) is 1.17. The maximum Gasteiger partial charge on any atom is 0.188 e. The molecule has 0 saturated carbocycles. The van der Waals surface area contributed by atoms with Gasteiger partial charge in [0.05, 0.1) is 0 Å². The highest BCUT2D eigenvalue weighted by atomic mass is 16.5. The van der Waals surface area contributed by atoms with E-state index in [1.807, 2.05) is 46.0 Å². The second-order valence-electron chi connectivity index (χ2n) is 3.60. The maximum absolute atomic E-state index is 11.6. The van der Waals surface area contributed by atoms with Crippen molar-refractivity contribution in [1.29, 1.82) is 0 Å². The molecule has 0 radical (unpaired) electrons. The Labute approximate surface area is 85.7 Å². The van der Waals surface area contributed by atoms with Crippen molar-refractivity contribution in [2.45, 2.75) is 19.9 Å². The normalized spacial score (nSPS) is 12.4. The van der Waals surface area contributed by atoms with E-state index in [0.29, 0.717) is 0 Å². The van der Waals surface area contributed by atoms with Crippen LogP contribution in [-0.4, -0.2) is 26.2 Å². The Hall–Kier alpha value is -1.09. The van der Waals surface area contributed by atoms with Crippen LogP contribution in [0, 0.1) is 6.92 Å². The highest BCUT2D eigenvalue weighted by Gasteiger charge is 2.08. The van der Waals surface area contributed by atoms with Gasteiger partial charge in [0.25, 0.3) is 0 Å². The molecule has 2 nitrogen and oxygen atoms in total. The van der Waals surface area contributed by atoms with Crippen LogP contribution in [0.25, 0.3) is 0 Å². The molecule has 1 aromatic carbocycles. The van der Waals surface area contributed by atoms with Crippen molar-refractivity contribution in [2.75, 3.05) is 6.61 Å². The van der Waals surface area contributed by atoms with Gasteiger partial charge in [-0.25, -0.2) is 0 Å². The zero-order valence-corrected chi connectivity index (χ0v) is 8.91. The van der Waals surface area contributed by atoms with Crippen LogP contribution in [0.5, 0.6) is 0 Å². The van der Waals surface area contributed by atoms with E-state index in [4.69, 9.17) is 4.74 Å². The first kappa shape index (κ1) is 11.0. The largest absolute Gasteiger partial charge is 0.379 e. The molecule has 0 bridgehead atoms. The fraction of sp³-hybridized carbons (Fsp3) is 0.364. The Morgan fingerprint density at radius 3 is 2.71 bits per heavy atom. The van der Waals surface area contributed by atoms with E-state index in [1.54, 1.807) is 0 Å². The maximum atomic E-state index is 11.6. The van der Waals surface area contributed by atoms with Crippen molar-refractivity contribution in [3.05, 3.63) is 35.4 Å². The van der Waals surface area contributed by atoms with Crippen LogP contribution in [0.1, 0.15) is 22.8 Å². The number of Topliss-reactive ketones (excluding diaryl/α,β-unsaturated/α-hetero) is 1. The summed E-state index contributed by atoms with van der Waals surface area (Å²) in [6.07, 6.45) is 0. The van der Waals surface area contributed by atoms with Gasteiger partial charge in [-0.1, -0.05) is 24.3 Å². The van der Waals surface area contributed by atoms with Crippen LogP contribution >= 0.6 is 0 Å². The van der Waals surface area contributed by atoms with E-state index in [0.717, 1.165) is 11.1 Å². The van der Waals surface area contributed by atoms with Gasteiger partial charge in [0.1, 0.15) is 14.5 Å². The first-order valence-electron chi connectivity index (χ1n) is 4.81. The van der Waals surface area contributed by atoms with Crippen LogP contribution in [0.2, 0.25) is 0 Å². The topological polar surface area (TPSA) is 26.3 Å². The number of ketones is 1. The van der Waals surface area contributed by atoms with Gasteiger partial charge in [0.2, 0.25) is 0 Å². The third-order valence-electron chi connectivity index (χ3n) is 1.99. The molecule has 74 valence electrons. The smallest absolute Gasteiger partial charge is 0.188 e. The molecule has 0 fully saturated rings. The van der Waals surface area contributed by atoms with Crippen molar-refractivity contribution in [2.24, 2.45) is 0 Å². The molecule has 0 aliphatic heterocycles. The average molecular weight is 190 g/mol. The Morgan fingerprint density at radius 2 is 2.14 bits per heavy atom. The molecule has 3 heteroatoms. The zero-order chi connectivity index (χ0) is 10.6. The lowest BCUT2D eigenvalue weighted by Gasteiger charge is -2.08. The molecule has 0 aliphatic rings. The minimum absolute atomic E-state index is 0.0526. The third-order valence-corrected chi connectivity index (χ3v) is 1.99. The number of rotatable bonds is 4. The fourth-order valence-electron chi connectivity index (χ4n) is 1.21. The number of hydrogen-bond donors (Lipinski definition) is 0. The van der Waals surface area contributed by atoms with Gasteiger partial charge in [-0.2, -0.15) is 0 Å². The molecule has 1 atom stereocenters. The zero-order valence-electron chi connectivity index (χ0n) is 8.91. The average Bonchev–Trinajstić information content (AvgIpc) is 2.15. The van der Waals surface area contributed by atoms with E-state index in [9.17, 15) is 4.79 Å². The van der Waals surface area contributed by atoms with Gasteiger partial charge in [-0.05, 0) is 19.4 Å². The second kappa shape index (κ2) is 4.96. The van der Waals surface area contributed by atoms with Gasteiger partial charge < -0.3 is 4.74 Å². The van der Waals surface area contributed by atoms with Crippen molar-refractivity contribution in [3.8, 4) is 0 Å². The van der Waals surface area contributed by atoms with Gasteiger partial charge in [0.15, 0.2) is 5.78 Å². The number of hydrogen-bond acceptors (Lipinski definition) is 2. The minimum Gasteiger partial charge on any atom is -0.379 e. The number of ether oxygens (including phenoxy) is 1. The summed E-state index contributed by atoms with van der Waals surface area (Å²) in [6.45, 7) is 4.02. The Morgan fingerprint density at radius 1 is 1.50 bits per heavy atom. The van der Waals surface area contributed by atoms with Gasteiger partial charge in [-0.3, -0.25) is 4.79 Å². The Balaban J connectivity index is 2.65. The number of carbonyl (C=O) groups is 1. The van der Waals surface area contributed by atoms with Gasteiger partial charge in [0, 0.05) is 11.6 Å². The quantitative estimate of drug-likeness (QED) is 0.526. The first-order chi connectivity index (χ1) is 6.61. The molecule has 0 aromatic heterocycles. The van der Waals surface area contributed by atoms with Crippen molar-refractivity contribution >= 4 is 13.6 Å². The lowest BCUT2D eigenvalue weighted by Crippen LogP contribution is -2.16. The highest BCUT2D eigenvalue weighted by Crippen LogP contribution is 2.08. The molecule has 0 heterocycles. The summed E-state index contributed by atoms with van der Waals surface area (Å²) in [5, 5.41) is 0. The monoisotopic (exact) mass is 190 g/mol. The van der Waals surface area contributed by atoms with E-state index in [-0.39, 0.29) is 18.4 Å². The van der Waals surface area contributed by atoms with E-state index in [1.165, 1.54) is 0 Å². The van der Waals surface area contributed by atoms with E-state index < -0.39 is 0 Å².